The second kappa shape index (κ2) is 4.31. The molecule has 7 heteroatoms. The number of nitrogens with zero attached hydrogens (tertiary/aromatic N) is 1. The molecule has 0 fully saturated rings. The van der Waals surface area contributed by atoms with E-state index in [2.05, 4.69) is 36.8 Å². The van der Waals surface area contributed by atoms with Gasteiger partial charge >= 0.3 is 5.97 Å². The minimum atomic E-state index is -2.88. The molecule has 0 amide bonds. The molecule has 3 nitrogen and oxygen atoms in total. The number of carboxylic acid groups (broad SMARTS) is 1. The summed E-state index contributed by atoms with van der Waals surface area (Å²) >= 11 is 5.70. The average Bonchev–Trinajstić information content (AvgIpc) is 2.01. The maximum Gasteiger partial charge on any atom is 0.336 e. The Bertz CT molecular complexity index is 384. The van der Waals surface area contributed by atoms with Gasteiger partial charge in [-0.1, -0.05) is 0 Å². The number of hydrogen-bond acceptors (Lipinski definition) is 2. The zero-order valence-electron chi connectivity index (χ0n) is 6.47. The van der Waals surface area contributed by atoms with Gasteiger partial charge in [0.1, 0.15) is 9.21 Å². The van der Waals surface area contributed by atoms with Gasteiger partial charge in [0.05, 0.1) is 11.1 Å². The van der Waals surface area contributed by atoms with E-state index in [1.165, 1.54) is 0 Å². The highest BCUT2D eigenvalue weighted by atomic mass is 79.9. The monoisotopic (exact) mass is 329 g/mol. The van der Waals surface area contributed by atoms with Crippen LogP contribution in [0.3, 0.4) is 0 Å². The van der Waals surface area contributed by atoms with Gasteiger partial charge in [-0.25, -0.2) is 18.6 Å². The summed E-state index contributed by atoms with van der Waals surface area (Å²) in [6.07, 6.45) is -2.88. The topological polar surface area (TPSA) is 50.2 Å². The predicted octanol–water partition coefficient (Wildman–Crippen LogP) is 3.24. The first-order valence-electron chi connectivity index (χ1n) is 3.31. The number of hydrogen-bond donors (Lipinski definition) is 1. The van der Waals surface area contributed by atoms with E-state index in [1.807, 2.05) is 0 Å². The molecule has 0 aliphatic rings. The van der Waals surface area contributed by atoms with Crippen LogP contribution in [0.5, 0.6) is 0 Å². The third-order valence-corrected chi connectivity index (χ3v) is 2.44. The Morgan fingerprint density at radius 1 is 1.50 bits per heavy atom. The molecule has 0 aromatic carbocycles. The fourth-order valence-corrected chi connectivity index (χ4v) is 2.10. The van der Waals surface area contributed by atoms with Gasteiger partial charge < -0.3 is 5.11 Å². The minimum absolute atomic E-state index is 0.167. The Morgan fingerprint density at radius 2 is 2.07 bits per heavy atom. The number of alkyl halides is 2. The molecule has 1 aromatic rings. The molecular weight excluding hydrogens is 328 g/mol. The van der Waals surface area contributed by atoms with Gasteiger partial charge in [-0.15, -0.1) is 0 Å². The van der Waals surface area contributed by atoms with Crippen molar-refractivity contribution in [2.75, 3.05) is 0 Å². The summed E-state index contributed by atoms with van der Waals surface area (Å²) in [4.78, 5) is 14.3. The number of rotatable bonds is 2. The maximum atomic E-state index is 12.4. The van der Waals surface area contributed by atoms with Crippen LogP contribution in [0.2, 0.25) is 0 Å². The smallest absolute Gasteiger partial charge is 0.336 e. The fourth-order valence-electron chi connectivity index (χ4n) is 0.879. The van der Waals surface area contributed by atoms with Gasteiger partial charge in [-0.05, 0) is 37.9 Å². The molecule has 0 bridgehead atoms. The van der Waals surface area contributed by atoms with E-state index in [0.717, 1.165) is 6.07 Å². The summed E-state index contributed by atoms with van der Waals surface area (Å²) in [7, 11) is 0. The standard InChI is InChI=1S/C7H3Br2F2NO2/c8-3-1-2(7(13)14)4(6(10)11)5(9)12-3/h1,6H,(H,13,14). The first-order chi connectivity index (χ1) is 6.43. The van der Waals surface area contributed by atoms with Crippen LogP contribution >= 0.6 is 31.9 Å². The van der Waals surface area contributed by atoms with E-state index in [-0.39, 0.29) is 9.21 Å². The molecule has 0 spiro atoms. The average molecular weight is 331 g/mol. The van der Waals surface area contributed by atoms with Crippen molar-refractivity contribution < 1.29 is 18.7 Å². The number of carbonyl (C=O) groups is 1. The van der Waals surface area contributed by atoms with Gasteiger partial charge in [0.25, 0.3) is 6.43 Å². The van der Waals surface area contributed by atoms with Crippen LogP contribution in [-0.4, -0.2) is 16.1 Å². The molecule has 0 unspecified atom stereocenters. The number of pyridine rings is 1. The van der Waals surface area contributed by atoms with Crippen molar-refractivity contribution in [1.82, 2.24) is 4.98 Å². The SMILES string of the molecule is O=C(O)c1cc(Br)nc(Br)c1C(F)F. The highest BCUT2D eigenvalue weighted by molar-refractivity contribution is 9.11. The molecular formula is C7H3Br2F2NO2. The van der Waals surface area contributed by atoms with Crippen molar-refractivity contribution in [3.8, 4) is 0 Å². The molecule has 14 heavy (non-hydrogen) atoms. The van der Waals surface area contributed by atoms with E-state index in [4.69, 9.17) is 5.11 Å². The molecule has 0 aliphatic heterocycles. The number of carboxylic acids is 1. The maximum absolute atomic E-state index is 12.4. The quantitative estimate of drug-likeness (QED) is 0.847. The van der Waals surface area contributed by atoms with E-state index >= 15 is 0 Å². The molecule has 0 saturated carbocycles. The summed E-state index contributed by atoms with van der Waals surface area (Å²) in [5.74, 6) is -1.41. The highest BCUT2D eigenvalue weighted by Crippen LogP contribution is 2.31. The van der Waals surface area contributed by atoms with Gasteiger partial charge in [0.2, 0.25) is 0 Å². The van der Waals surface area contributed by atoms with Crippen LogP contribution < -0.4 is 0 Å². The molecule has 1 aromatic heterocycles. The molecule has 0 saturated heterocycles. The second-order valence-electron chi connectivity index (χ2n) is 2.30. The molecule has 0 atom stereocenters. The Morgan fingerprint density at radius 3 is 2.50 bits per heavy atom. The van der Waals surface area contributed by atoms with Crippen LogP contribution in [0.1, 0.15) is 22.3 Å². The summed E-state index contributed by atoms with van der Waals surface area (Å²) in [6, 6.07) is 1.04. The van der Waals surface area contributed by atoms with Crippen LogP contribution in [-0.2, 0) is 0 Å². The van der Waals surface area contributed by atoms with Gasteiger partial charge in [-0.2, -0.15) is 0 Å². The summed E-state index contributed by atoms with van der Waals surface area (Å²) in [5, 5.41) is 8.66. The van der Waals surface area contributed by atoms with E-state index < -0.39 is 23.5 Å². The first-order valence-corrected chi connectivity index (χ1v) is 4.89. The third kappa shape index (κ3) is 2.27. The van der Waals surface area contributed by atoms with Crippen LogP contribution in [0, 0.1) is 0 Å². The second-order valence-corrected chi connectivity index (χ2v) is 3.87. The van der Waals surface area contributed by atoms with Crippen molar-refractivity contribution in [1.29, 1.82) is 0 Å². The van der Waals surface area contributed by atoms with E-state index in [9.17, 15) is 13.6 Å². The number of aromatic carboxylic acids is 1. The normalized spacial score (nSPS) is 10.6. The van der Waals surface area contributed by atoms with Crippen LogP contribution in [0.15, 0.2) is 15.3 Å². The fraction of sp³-hybridized carbons (Fsp3) is 0.143. The zero-order chi connectivity index (χ0) is 10.9. The minimum Gasteiger partial charge on any atom is -0.478 e. The number of aromatic nitrogens is 1. The lowest BCUT2D eigenvalue weighted by atomic mass is 10.1. The Kier molecular flexibility index (Phi) is 3.54. The van der Waals surface area contributed by atoms with Gasteiger partial charge in [-0.3, -0.25) is 0 Å². The van der Waals surface area contributed by atoms with Gasteiger partial charge in [0, 0.05) is 0 Å². The summed E-state index contributed by atoms with van der Waals surface area (Å²) in [5.41, 5.74) is -1.07. The third-order valence-electron chi connectivity index (χ3n) is 1.43. The largest absolute Gasteiger partial charge is 0.478 e. The predicted molar refractivity (Wildman–Crippen MR) is 51.6 cm³/mol. The van der Waals surface area contributed by atoms with Crippen molar-refractivity contribution in [3.05, 3.63) is 26.4 Å². The van der Waals surface area contributed by atoms with Crippen LogP contribution in [0.25, 0.3) is 0 Å². The zero-order valence-corrected chi connectivity index (χ0v) is 9.64. The lowest BCUT2D eigenvalue weighted by Gasteiger charge is -2.07. The molecule has 1 N–H and O–H groups in total. The van der Waals surface area contributed by atoms with Crippen molar-refractivity contribution in [2.24, 2.45) is 0 Å². The van der Waals surface area contributed by atoms with E-state index in [0.29, 0.717) is 0 Å². The van der Waals surface area contributed by atoms with Crippen LogP contribution in [0.4, 0.5) is 8.78 Å². The van der Waals surface area contributed by atoms with Gasteiger partial charge in [0.15, 0.2) is 0 Å². The summed E-state index contributed by atoms with van der Waals surface area (Å²) < 4.78 is 24.9. The number of halogens is 4. The van der Waals surface area contributed by atoms with Crippen molar-refractivity contribution in [2.45, 2.75) is 6.43 Å². The Hall–Kier alpha value is -0.560. The van der Waals surface area contributed by atoms with E-state index in [1.54, 1.807) is 0 Å². The Balaban J connectivity index is 3.44. The Labute approximate surface area is 94.4 Å². The highest BCUT2D eigenvalue weighted by Gasteiger charge is 2.22. The first kappa shape index (κ1) is 11.5. The molecule has 0 aliphatic carbocycles. The molecule has 0 radical (unpaired) electrons. The molecule has 1 heterocycles. The van der Waals surface area contributed by atoms with Crippen molar-refractivity contribution in [3.63, 3.8) is 0 Å². The molecule has 76 valence electrons. The lowest BCUT2D eigenvalue weighted by Crippen LogP contribution is -2.05. The lowest BCUT2D eigenvalue weighted by molar-refractivity contribution is 0.0683. The summed E-state index contributed by atoms with van der Waals surface area (Å²) in [6.45, 7) is 0. The molecule has 1 rings (SSSR count). The van der Waals surface area contributed by atoms with Crippen molar-refractivity contribution >= 4 is 37.8 Å².